The predicted octanol–water partition coefficient (Wildman–Crippen LogP) is 2.76. The molecule has 0 bridgehead atoms. The minimum Gasteiger partial charge on any atom is -0.296 e. The van der Waals surface area contributed by atoms with E-state index in [1.807, 2.05) is 0 Å². The van der Waals surface area contributed by atoms with Gasteiger partial charge in [0.2, 0.25) is 0 Å². The van der Waals surface area contributed by atoms with Gasteiger partial charge in [0.1, 0.15) is 0 Å². The molecule has 0 amide bonds. The number of hydrazine groups is 1. The highest BCUT2D eigenvalue weighted by atomic mass is 15.3. The van der Waals surface area contributed by atoms with E-state index < -0.39 is 0 Å². The maximum Gasteiger partial charge on any atom is 0.0641 e. The van der Waals surface area contributed by atoms with Crippen molar-refractivity contribution >= 4 is 0 Å². The molecule has 0 spiro atoms. The summed E-state index contributed by atoms with van der Waals surface area (Å²) in [7, 11) is 0. The fraction of sp³-hybridized carbons (Fsp3) is 0.625. The van der Waals surface area contributed by atoms with Crippen LogP contribution in [0, 0.1) is 6.92 Å². The van der Waals surface area contributed by atoms with E-state index in [2.05, 4.69) is 55.4 Å². The van der Waals surface area contributed by atoms with Crippen molar-refractivity contribution in [3.63, 3.8) is 0 Å². The Morgan fingerprint density at radius 2 is 2.05 bits per heavy atom. The molecule has 1 fully saturated rings. The highest BCUT2D eigenvalue weighted by molar-refractivity contribution is 5.28. The lowest BCUT2D eigenvalue weighted by Crippen LogP contribution is -2.54. The van der Waals surface area contributed by atoms with E-state index in [9.17, 15) is 0 Å². The summed E-state index contributed by atoms with van der Waals surface area (Å²) in [5.41, 5.74) is 5.73. The molecule has 1 heterocycles. The maximum atomic E-state index is 5.91. The first-order valence-electron chi connectivity index (χ1n) is 7.39. The van der Waals surface area contributed by atoms with Crippen LogP contribution in [0.15, 0.2) is 24.3 Å². The van der Waals surface area contributed by atoms with Gasteiger partial charge in [-0.15, -0.1) is 0 Å². The Balaban J connectivity index is 2.32. The van der Waals surface area contributed by atoms with Gasteiger partial charge in [-0.3, -0.25) is 16.2 Å². The third kappa shape index (κ3) is 2.83. The summed E-state index contributed by atoms with van der Waals surface area (Å²) in [6.07, 6.45) is 3.71. The quantitative estimate of drug-likeness (QED) is 0.632. The largest absolute Gasteiger partial charge is 0.296 e. The summed E-state index contributed by atoms with van der Waals surface area (Å²) < 4.78 is 0. The second kappa shape index (κ2) is 6.04. The van der Waals surface area contributed by atoms with Gasteiger partial charge in [0.25, 0.3) is 0 Å². The number of nitrogens with zero attached hydrogens (tertiary/aromatic N) is 1. The van der Waals surface area contributed by atoms with E-state index >= 15 is 0 Å². The van der Waals surface area contributed by atoms with Gasteiger partial charge >= 0.3 is 0 Å². The topological polar surface area (TPSA) is 41.3 Å². The molecule has 3 heteroatoms. The molecule has 2 atom stereocenters. The van der Waals surface area contributed by atoms with Gasteiger partial charge in [0.05, 0.1) is 6.04 Å². The van der Waals surface area contributed by atoms with Crippen LogP contribution in [0.3, 0.4) is 0 Å². The fourth-order valence-corrected chi connectivity index (χ4v) is 3.32. The maximum absolute atomic E-state index is 5.91. The molecule has 1 saturated heterocycles. The van der Waals surface area contributed by atoms with Crippen LogP contribution in [0.5, 0.6) is 0 Å². The summed E-state index contributed by atoms with van der Waals surface area (Å²) in [5.74, 6) is 5.91. The normalized spacial score (nSPS) is 21.3. The third-order valence-corrected chi connectivity index (χ3v) is 4.71. The zero-order valence-electron chi connectivity index (χ0n) is 12.4. The van der Waals surface area contributed by atoms with E-state index in [0.29, 0.717) is 0 Å². The lowest BCUT2D eigenvalue weighted by Gasteiger charge is -2.44. The van der Waals surface area contributed by atoms with Crippen LogP contribution in [-0.4, -0.2) is 23.5 Å². The van der Waals surface area contributed by atoms with E-state index in [4.69, 9.17) is 5.84 Å². The molecule has 2 unspecified atom stereocenters. The molecule has 1 aromatic carbocycles. The lowest BCUT2D eigenvalue weighted by atomic mass is 9.83. The molecule has 19 heavy (non-hydrogen) atoms. The molecule has 3 nitrogen and oxygen atoms in total. The molecule has 0 radical (unpaired) electrons. The first-order valence-corrected chi connectivity index (χ1v) is 7.39. The smallest absolute Gasteiger partial charge is 0.0641 e. The molecular formula is C16H27N3. The minimum atomic E-state index is 0.0824. The van der Waals surface area contributed by atoms with E-state index in [0.717, 1.165) is 6.42 Å². The second-order valence-corrected chi connectivity index (χ2v) is 5.92. The van der Waals surface area contributed by atoms with Crippen molar-refractivity contribution in [3.8, 4) is 0 Å². The average Bonchev–Trinajstić information content (AvgIpc) is 2.94. The molecule has 106 valence electrons. The van der Waals surface area contributed by atoms with Crippen molar-refractivity contribution in [2.45, 2.75) is 51.6 Å². The van der Waals surface area contributed by atoms with Crippen molar-refractivity contribution in [3.05, 3.63) is 35.4 Å². The van der Waals surface area contributed by atoms with Gasteiger partial charge in [-0.05, 0) is 51.8 Å². The van der Waals surface area contributed by atoms with Crippen molar-refractivity contribution in [2.24, 2.45) is 5.84 Å². The van der Waals surface area contributed by atoms with Gasteiger partial charge in [-0.25, -0.2) is 0 Å². The summed E-state index contributed by atoms with van der Waals surface area (Å²) in [4.78, 5) is 2.60. The molecule has 3 N–H and O–H groups in total. The Labute approximate surface area is 117 Å². The van der Waals surface area contributed by atoms with Crippen LogP contribution < -0.4 is 11.3 Å². The van der Waals surface area contributed by atoms with Gasteiger partial charge in [-0.1, -0.05) is 36.8 Å². The van der Waals surface area contributed by atoms with Crippen molar-refractivity contribution < 1.29 is 0 Å². The number of benzene rings is 1. The molecule has 1 aliphatic heterocycles. The monoisotopic (exact) mass is 261 g/mol. The Morgan fingerprint density at radius 1 is 1.37 bits per heavy atom. The Morgan fingerprint density at radius 3 is 2.58 bits per heavy atom. The summed E-state index contributed by atoms with van der Waals surface area (Å²) in [5, 5.41) is 0. The number of nitrogens with one attached hydrogen (secondary N) is 1. The number of aryl methyl sites for hydroxylation is 1. The number of hydrogen-bond acceptors (Lipinski definition) is 3. The zero-order chi connectivity index (χ0) is 13.9. The number of hydrogen-bond donors (Lipinski definition) is 2. The fourth-order valence-electron chi connectivity index (χ4n) is 3.32. The van der Waals surface area contributed by atoms with Crippen LogP contribution in [-0.2, 0) is 0 Å². The standard InChI is InChI=1S/C16H27N3/c1-4-16(3,19-10-5-6-11-19)15(18-17)14-9-7-8-13(2)12-14/h7-9,12,15,18H,4-6,10-11,17H2,1-3H3. The molecule has 2 rings (SSSR count). The van der Waals surface area contributed by atoms with Crippen LogP contribution in [0.1, 0.15) is 50.3 Å². The first kappa shape index (κ1) is 14.5. The summed E-state index contributed by atoms with van der Waals surface area (Å²) in [6, 6.07) is 8.86. The second-order valence-electron chi connectivity index (χ2n) is 5.92. The van der Waals surface area contributed by atoms with Crippen LogP contribution >= 0.6 is 0 Å². The Hall–Kier alpha value is -0.900. The van der Waals surface area contributed by atoms with Gasteiger partial charge in [0.15, 0.2) is 0 Å². The van der Waals surface area contributed by atoms with Crippen molar-refractivity contribution in [1.29, 1.82) is 0 Å². The highest BCUT2D eigenvalue weighted by Crippen LogP contribution is 2.36. The lowest BCUT2D eigenvalue weighted by molar-refractivity contribution is 0.0840. The Bertz CT molecular complexity index is 412. The van der Waals surface area contributed by atoms with Crippen molar-refractivity contribution in [2.75, 3.05) is 13.1 Å². The molecule has 0 aliphatic carbocycles. The molecule has 0 aromatic heterocycles. The van der Waals surface area contributed by atoms with Crippen LogP contribution in [0.2, 0.25) is 0 Å². The van der Waals surface area contributed by atoms with E-state index in [-0.39, 0.29) is 11.6 Å². The first-order chi connectivity index (χ1) is 9.11. The summed E-state index contributed by atoms with van der Waals surface area (Å²) >= 11 is 0. The van der Waals surface area contributed by atoms with Gasteiger partial charge in [0, 0.05) is 5.54 Å². The van der Waals surface area contributed by atoms with Gasteiger partial charge in [-0.2, -0.15) is 0 Å². The number of likely N-dealkylation sites (tertiary alicyclic amines) is 1. The van der Waals surface area contributed by atoms with Crippen LogP contribution in [0.4, 0.5) is 0 Å². The molecule has 1 aliphatic rings. The SMILES string of the molecule is CCC(C)(C(NN)c1cccc(C)c1)N1CCCC1. The van der Waals surface area contributed by atoms with E-state index in [1.54, 1.807) is 0 Å². The highest BCUT2D eigenvalue weighted by Gasteiger charge is 2.39. The number of nitrogens with two attached hydrogens (primary N) is 1. The van der Waals surface area contributed by atoms with Gasteiger partial charge < -0.3 is 0 Å². The third-order valence-electron chi connectivity index (χ3n) is 4.71. The average molecular weight is 261 g/mol. The molecule has 0 saturated carbocycles. The zero-order valence-corrected chi connectivity index (χ0v) is 12.4. The number of rotatable bonds is 5. The molecule has 1 aromatic rings. The minimum absolute atomic E-state index is 0.0824. The van der Waals surface area contributed by atoms with E-state index in [1.165, 1.54) is 37.1 Å². The predicted molar refractivity (Wildman–Crippen MR) is 80.7 cm³/mol. The van der Waals surface area contributed by atoms with Crippen molar-refractivity contribution in [1.82, 2.24) is 10.3 Å². The summed E-state index contributed by atoms with van der Waals surface area (Å²) in [6.45, 7) is 9.11. The molecular weight excluding hydrogens is 234 g/mol. The Kier molecular flexibility index (Phi) is 4.61. The van der Waals surface area contributed by atoms with Crippen LogP contribution in [0.25, 0.3) is 0 Å².